The van der Waals surface area contributed by atoms with Crippen LogP contribution in [0.4, 0.5) is 0 Å². The van der Waals surface area contributed by atoms with Gasteiger partial charge in [0, 0.05) is 32.2 Å². The zero-order valence-electron chi connectivity index (χ0n) is 16.9. The van der Waals surface area contributed by atoms with Crippen LogP contribution >= 0.6 is 0 Å². The lowest BCUT2D eigenvalue weighted by molar-refractivity contribution is 0.0756. The molecule has 0 amide bonds. The fraction of sp³-hybridized carbons (Fsp3) is 0.667. The van der Waals surface area contributed by atoms with Gasteiger partial charge in [0.1, 0.15) is 0 Å². The Morgan fingerprint density at radius 2 is 1.63 bits per heavy atom. The molecule has 1 aromatic heterocycles. The fourth-order valence-electron chi connectivity index (χ4n) is 4.63. The van der Waals surface area contributed by atoms with Crippen molar-refractivity contribution in [2.24, 2.45) is 0 Å². The number of rotatable bonds is 4. The zero-order chi connectivity index (χ0) is 18.9. The molecule has 2 aromatic rings. The van der Waals surface area contributed by atoms with Gasteiger partial charge < -0.3 is 0 Å². The Hall–Kier alpha value is -1.79. The maximum atomic E-state index is 4.48. The first-order valence-electron chi connectivity index (χ1n) is 10.4. The van der Waals surface area contributed by atoms with Crippen LogP contribution in [0.1, 0.15) is 63.9 Å². The molecule has 1 aliphatic heterocycles. The van der Waals surface area contributed by atoms with E-state index in [1.54, 1.807) is 0 Å². The maximum absolute atomic E-state index is 4.48. The van der Waals surface area contributed by atoms with E-state index in [1.165, 1.54) is 31.2 Å². The summed E-state index contributed by atoms with van der Waals surface area (Å²) in [4.78, 5) is 5.27. The predicted octanol–water partition coefficient (Wildman–Crippen LogP) is 3.08. The Bertz CT molecular complexity index is 721. The van der Waals surface area contributed by atoms with Gasteiger partial charge in [0.15, 0.2) is 5.82 Å². The van der Waals surface area contributed by atoms with Gasteiger partial charge in [0.05, 0.1) is 11.6 Å². The van der Waals surface area contributed by atoms with Gasteiger partial charge in [-0.25, -0.2) is 4.68 Å². The topological polar surface area (TPSA) is 50.1 Å². The Morgan fingerprint density at radius 3 is 2.26 bits per heavy atom. The highest BCUT2D eigenvalue weighted by atomic mass is 15.6. The molecule has 0 unspecified atom stereocenters. The minimum absolute atomic E-state index is 0.103. The Labute approximate surface area is 162 Å². The molecule has 1 saturated heterocycles. The van der Waals surface area contributed by atoms with Crippen molar-refractivity contribution in [2.75, 3.05) is 26.2 Å². The zero-order valence-corrected chi connectivity index (χ0v) is 16.9. The van der Waals surface area contributed by atoms with E-state index in [0.717, 1.165) is 38.0 Å². The molecule has 6 heteroatoms. The average molecular weight is 369 g/mol. The molecule has 0 radical (unpaired) electrons. The van der Waals surface area contributed by atoms with Crippen molar-refractivity contribution in [3.8, 4) is 0 Å². The number of nitrogens with zero attached hydrogens (tertiary/aromatic N) is 6. The first kappa shape index (κ1) is 18.6. The summed E-state index contributed by atoms with van der Waals surface area (Å²) in [6.45, 7) is 10.9. The molecule has 0 N–H and O–H groups in total. The quantitative estimate of drug-likeness (QED) is 0.830. The fourth-order valence-corrected chi connectivity index (χ4v) is 4.63. The van der Waals surface area contributed by atoms with E-state index in [4.69, 9.17) is 0 Å². The Balaban J connectivity index is 1.60. The largest absolute Gasteiger partial charge is 0.298 e. The molecule has 6 nitrogen and oxygen atoms in total. The summed E-state index contributed by atoms with van der Waals surface area (Å²) in [6, 6.07) is 11.6. The lowest BCUT2D eigenvalue weighted by atomic mass is 10.0. The summed E-state index contributed by atoms with van der Waals surface area (Å²) in [7, 11) is 0. The minimum Gasteiger partial charge on any atom is -0.298 e. The Morgan fingerprint density at radius 1 is 0.963 bits per heavy atom. The van der Waals surface area contributed by atoms with Gasteiger partial charge in [-0.2, -0.15) is 0 Å². The van der Waals surface area contributed by atoms with Gasteiger partial charge in [-0.05, 0) is 49.6 Å². The van der Waals surface area contributed by atoms with Crippen LogP contribution in [0, 0.1) is 0 Å². The SMILES string of the molecule is CC(C)(C)n1nnnc1[C@@H](c1ccccc1)N1CCN(C2CCCC2)CC1. The second-order valence-electron chi connectivity index (χ2n) is 8.94. The van der Waals surface area contributed by atoms with Crippen molar-refractivity contribution in [3.05, 3.63) is 41.7 Å². The van der Waals surface area contributed by atoms with Crippen molar-refractivity contribution in [1.29, 1.82) is 0 Å². The van der Waals surface area contributed by atoms with E-state index in [1.807, 2.05) is 4.68 Å². The second-order valence-corrected chi connectivity index (χ2v) is 8.94. The smallest absolute Gasteiger partial charge is 0.173 e. The van der Waals surface area contributed by atoms with Gasteiger partial charge in [0.2, 0.25) is 0 Å². The van der Waals surface area contributed by atoms with E-state index in [2.05, 4.69) is 76.4 Å². The molecule has 27 heavy (non-hydrogen) atoms. The van der Waals surface area contributed by atoms with Gasteiger partial charge in [0.25, 0.3) is 0 Å². The predicted molar refractivity (Wildman–Crippen MR) is 107 cm³/mol. The van der Waals surface area contributed by atoms with Gasteiger partial charge >= 0.3 is 0 Å². The highest BCUT2D eigenvalue weighted by molar-refractivity contribution is 5.25. The summed E-state index contributed by atoms with van der Waals surface area (Å²) in [5, 5.41) is 12.8. The van der Waals surface area contributed by atoms with Crippen LogP contribution in [0.2, 0.25) is 0 Å². The van der Waals surface area contributed by atoms with Crippen molar-refractivity contribution < 1.29 is 0 Å². The number of benzene rings is 1. The first-order chi connectivity index (χ1) is 13.0. The normalized spacial score (nSPS) is 21.6. The average Bonchev–Trinajstić information content (AvgIpc) is 3.35. The molecular weight excluding hydrogens is 336 g/mol. The highest BCUT2D eigenvalue weighted by Crippen LogP contribution is 2.31. The number of aromatic nitrogens is 4. The van der Waals surface area contributed by atoms with Crippen molar-refractivity contribution in [2.45, 2.75) is 64.1 Å². The van der Waals surface area contributed by atoms with Crippen molar-refractivity contribution >= 4 is 0 Å². The van der Waals surface area contributed by atoms with E-state index < -0.39 is 0 Å². The summed E-state index contributed by atoms with van der Waals surface area (Å²) in [5.41, 5.74) is 1.13. The first-order valence-corrected chi connectivity index (χ1v) is 10.4. The van der Waals surface area contributed by atoms with E-state index >= 15 is 0 Å². The number of hydrogen-bond acceptors (Lipinski definition) is 5. The van der Waals surface area contributed by atoms with E-state index in [-0.39, 0.29) is 11.6 Å². The molecule has 2 heterocycles. The van der Waals surface area contributed by atoms with Gasteiger partial charge in [-0.3, -0.25) is 9.80 Å². The molecule has 0 bridgehead atoms. The van der Waals surface area contributed by atoms with Crippen LogP contribution in [0.5, 0.6) is 0 Å². The molecule has 2 aliphatic rings. The number of piperazine rings is 1. The molecule has 1 aliphatic carbocycles. The minimum atomic E-state index is -0.141. The second kappa shape index (κ2) is 7.68. The van der Waals surface area contributed by atoms with Crippen LogP contribution < -0.4 is 0 Å². The number of hydrogen-bond donors (Lipinski definition) is 0. The van der Waals surface area contributed by atoms with Crippen molar-refractivity contribution in [3.63, 3.8) is 0 Å². The van der Waals surface area contributed by atoms with Gasteiger partial charge in [-0.1, -0.05) is 43.2 Å². The van der Waals surface area contributed by atoms with Crippen LogP contribution in [-0.2, 0) is 5.54 Å². The molecule has 146 valence electrons. The highest BCUT2D eigenvalue weighted by Gasteiger charge is 2.34. The van der Waals surface area contributed by atoms with Crippen molar-refractivity contribution in [1.82, 2.24) is 30.0 Å². The van der Waals surface area contributed by atoms with Crippen LogP contribution in [0.15, 0.2) is 30.3 Å². The molecule has 1 atom stereocenters. The maximum Gasteiger partial charge on any atom is 0.173 e. The van der Waals surface area contributed by atoms with E-state index in [9.17, 15) is 0 Å². The van der Waals surface area contributed by atoms with Crippen LogP contribution in [0.3, 0.4) is 0 Å². The summed E-state index contributed by atoms with van der Waals surface area (Å²) in [5.74, 6) is 0.947. The lowest BCUT2D eigenvalue weighted by Crippen LogP contribution is -2.51. The molecular formula is C21H32N6. The summed E-state index contributed by atoms with van der Waals surface area (Å²) < 4.78 is 1.99. The monoisotopic (exact) mass is 368 g/mol. The third kappa shape index (κ3) is 3.92. The standard InChI is InChI=1S/C21H32N6/c1-21(2,3)27-20(22-23-24-27)19(17-9-5-4-6-10-17)26-15-13-25(14-16-26)18-11-7-8-12-18/h4-6,9-10,18-19H,7-8,11-16H2,1-3H3/t19-/m1/s1. The molecule has 4 rings (SSSR count). The molecule has 1 saturated carbocycles. The molecule has 2 fully saturated rings. The van der Waals surface area contributed by atoms with Crippen LogP contribution in [-0.4, -0.2) is 62.2 Å². The third-order valence-corrected chi connectivity index (χ3v) is 6.04. The third-order valence-electron chi connectivity index (χ3n) is 6.04. The summed E-state index contributed by atoms with van der Waals surface area (Å²) in [6.07, 6.45) is 5.56. The van der Waals surface area contributed by atoms with Crippen LogP contribution in [0.25, 0.3) is 0 Å². The summed E-state index contributed by atoms with van der Waals surface area (Å²) >= 11 is 0. The van der Waals surface area contributed by atoms with Gasteiger partial charge in [-0.15, -0.1) is 5.10 Å². The number of tetrazole rings is 1. The molecule has 0 spiro atoms. The lowest BCUT2D eigenvalue weighted by Gasteiger charge is -2.41. The Kier molecular flexibility index (Phi) is 5.28. The van der Waals surface area contributed by atoms with E-state index in [0.29, 0.717) is 0 Å². The molecule has 1 aromatic carbocycles.